The molecule has 4 aliphatic heterocycles. The van der Waals surface area contributed by atoms with Crippen molar-refractivity contribution in [3.05, 3.63) is 71.8 Å². The molecular weight excluding hydrogens is 821 g/mol. The van der Waals surface area contributed by atoms with Crippen molar-refractivity contribution in [2.75, 3.05) is 14.1 Å². The summed E-state index contributed by atoms with van der Waals surface area (Å²) >= 11 is 0. The van der Waals surface area contributed by atoms with Crippen LogP contribution in [0.15, 0.2) is 60.7 Å². The highest BCUT2D eigenvalue weighted by atomic mass is 16.6. The third-order valence-corrected chi connectivity index (χ3v) is 14.4. The first-order chi connectivity index (χ1) is 30.5. The van der Waals surface area contributed by atoms with E-state index in [-0.39, 0.29) is 49.2 Å². The third-order valence-electron chi connectivity index (χ3n) is 14.4. The molecule has 4 heterocycles. The second-order valence-corrected chi connectivity index (χ2v) is 18.7. The highest BCUT2D eigenvalue weighted by Crippen LogP contribution is 2.47. The topological polar surface area (TPSA) is 158 Å². The van der Waals surface area contributed by atoms with Crippen LogP contribution in [0.3, 0.4) is 0 Å². The molecule has 0 N–H and O–H groups in total. The van der Waals surface area contributed by atoms with E-state index >= 15 is 0 Å². The summed E-state index contributed by atoms with van der Waals surface area (Å²) in [6.07, 6.45) is 6.04. The molecule has 8 rings (SSSR count). The van der Waals surface area contributed by atoms with Crippen LogP contribution in [0, 0.1) is 0 Å². The summed E-state index contributed by atoms with van der Waals surface area (Å²) in [5, 5.41) is 3.09. The molecule has 0 aromatic heterocycles. The van der Waals surface area contributed by atoms with Gasteiger partial charge in [0.05, 0.1) is 51.1 Å². The first-order valence-corrected chi connectivity index (χ1v) is 22.4. The number of hydrogen-bond acceptors (Lipinski definition) is 12. The number of carbonyl (C=O) groups is 6. The molecule has 4 saturated heterocycles. The minimum absolute atomic E-state index is 0.0532. The van der Waals surface area contributed by atoms with Crippen molar-refractivity contribution in [2.24, 2.45) is 0 Å². The summed E-state index contributed by atoms with van der Waals surface area (Å²) in [4.78, 5) is 74.4. The van der Waals surface area contributed by atoms with Gasteiger partial charge in [-0.05, 0) is 47.2 Å². The lowest BCUT2D eigenvalue weighted by Crippen LogP contribution is -2.58. The molecule has 0 radical (unpaired) electrons. The third kappa shape index (κ3) is 9.35. The average molecular weight is 879 g/mol. The second kappa shape index (κ2) is 18.0. The number of ether oxygens (including phenoxy) is 6. The van der Waals surface area contributed by atoms with E-state index in [1.165, 1.54) is 27.7 Å². The number of quaternary nitrogens is 2. The van der Waals surface area contributed by atoms with Crippen LogP contribution in [-0.4, -0.2) is 95.3 Å². The Morgan fingerprint density at radius 3 is 1.14 bits per heavy atom. The number of rotatable bonds is 13. The van der Waals surface area contributed by atoms with E-state index in [1.807, 2.05) is 36.4 Å². The van der Waals surface area contributed by atoms with Gasteiger partial charge in [-0.1, -0.05) is 24.3 Å². The maximum Gasteiger partial charge on any atom is 0.308 e. The zero-order chi connectivity index (χ0) is 45.5. The molecule has 64 heavy (non-hydrogen) atoms. The predicted molar refractivity (Wildman–Crippen MR) is 234 cm³/mol. The van der Waals surface area contributed by atoms with Gasteiger partial charge in [-0.15, -0.1) is 0 Å². The van der Waals surface area contributed by atoms with Crippen LogP contribution < -0.4 is 18.9 Å². The Morgan fingerprint density at radius 1 is 0.484 bits per heavy atom. The van der Waals surface area contributed by atoms with Crippen molar-refractivity contribution in [3.8, 4) is 23.0 Å². The van der Waals surface area contributed by atoms with Crippen molar-refractivity contribution in [1.82, 2.24) is 0 Å². The van der Waals surface area contributed by atoms with Gasteiger partial charge in [-0.25, -0.2) is 0 Å². The number of nitrogens with zero attached hydrogens (tertiary/aromatic N) is 2. The predicted octanol–water partition coefficient (Wildman–Crippen LogP) is 7.54. The first kappa shape index (κ1) is 44.7. The summed E-state index contributed by atoms with van der Waals surface area (Å²) < 4.78 is 35.8. The molecule has 4 aromatic rings. The molecule has 14 heteroatoms. The minimum Gasteiger partial charge on any atom is -0.462 e. The van der Waals surface area contributed by atoms with E-state index in [2.05, 4.69) is 14.1 Å². The van der Waals surface area contributed by atoms with Gasteiger partial charge < -0.3 is 37.4 Å². The molecule has 0 aliphatic carbocycles. The van der Waals surface area contributed by atoms with Crippen LogP contribution in [0.25, 0.3) is 21.5 Å². The van der Waals surface area contributed by atoms with E-state index < -0.39 is 35.8 Å². The average Bonchev–Trinajstić information content (AvgIpc) is 3.43. The lowest BCUT2D eigenvalue weighted by Gasteiger charge is -2.47. The molecule has 4 fully saturated rings. The maximum atomic E-state index is 13.2. The number of piperidine rings is 2. The fourth-order valence-corrected chi connectivity index (χ4v) is 11.4. The molecule has 4 aliphatic rings. The zero-order valence-corrected chi connectivity index (χ0v) is 37.5. The summed E-state index contributed by atoms with van der Waals surface area (Å²) in [6, 6.07) is 19.4. The standard InChI is InChI=1S/C50H58N2O12/c1-29(53)59-45-11-7-9-33-19-35(47(25-43(33)45)61-31(3)55)27-51(5)37-13-14-38(51)22-41(21-37)63-49(57)17-18-50(58)64-42-23-39-15-16-40(24-42)52(39,6)28-36-20-34-10-8-12-46(60-30(2)54)44(34)26-48(36)62-32(4)56/h7-12,19-20,25-26,37-42H,13-18,21-24,27-28H2,1-6H3/q+2. The van der Waals surface area contributed by atoms with Crippen molar-refractivity contribution < 1.29 is 66.2 Å². The largest absolute Gasteiger partial charge is 0.462 e. The van der Waals surface area contributed by atoms with Gasteiger partial charge in [0.25, 0.3) is 0 Å². The normalized spacial score (nSPS) is 26.8. The molecule has 0 amide bonds. The fraction of sp³-hybridized carbons (Fsp3) is 0.480. The van der Waals surface area contributed by atoms with E-state index in [0.717, 1.165) is 56.5 Å². The Labute approximate surface area is 372 Å². The lowest BCUT2D eigenvalue weighted by molar-refractivity contribution is -0.961. The van der Waals surface area contributed by atoms with Crippen LogP contribution in [0.1, 0.15) is 103 Å². The number of fused-ring (bicyclic) bond motifs is 6. The van der Waals surface area contributed by atoms with E-state index in [4.69, 9.17) is 28.4 Å². The SMILES string of the molecule is CC(=O)Oc1cc2c(OC(C)=O)cccc2cc1C[N+]1(C)C2CCC1CC(OC(=O)CCC(=O)OC1CC3CCC(C1)[N+]3(C)Cc1cc3cccc(OC(C)=O)c3cc1OC(C)=O)C2. The quantitative estimate of drug-likeness (QED) is 0.0740. The molecule has 14 nitrogen and oxygen atoms in total. The molecule has 0 saturated carbocycles. The molecule has 338 valence electrons. The number of carbonyl (C=O) groups excluding carboxylic acids is 6. The van der Waals surface area contributed by atoms with Crippen LogP contribution >= 0.6 is 0 Å². The second-order valence-electron chi connectivity index (χ2n) is 18.7. The molecule has 4 unspecified atom stereocenters. The van der Waals surface area contributed by atoms with Gasteiger partial charge in [-0.3, -0.25) is 28.8 Å². The maximum absolute atomic E-state index is 13.2. The lowest BCUT2D eigenvalue weighted by atomic mass is 9.94. The molecule has 4 bridgehead atoms. The Hall–Kier alpha value is -5.86. The van der Waals surface area contributed by atoms with Gasteiger partial charge in [0.2, 0.25) is 0 Å². The van der Waals surface area contributed by atoms with Crippen LogP contribution in [-0.2, 0) is 51.3 Å². The Morgan fingerprint density at radius 2 is 0.812 bits per heavy atom. The smallest absolute Gasteiger partial charge is 0.308 e. The molecule has 4 atom stereocenters. The fourth-order valence-electron chi connectivity index (χ4n) is 11.4. The van der Waals surface area contributed by atoms with Gasteiger partial charge >= 0.3 is 35.8 Å². The molecular formula is C50H58N2O12+2. The Bertz CT molecular complexity index is 2330. The van der Waals surface area contributed by atoms with Gasteiger partial charge in [0, 0.05) is 101 Å². The van der Waals surface area contributed by atoms with Gasteiger partial charge in [-0.2, -0.15) is 0 Å². The number of esters is 6. The summed E-state index contributed by atoms with van der Waals surface area (Å²) in [6.45, 7) is 6.65. The van der Waals surface area contributed by atoms with Crippen molar-refractivity contribution in [2.45, 2.75) is 141 Å². The summed E-state index contributed by atoms with van der Waals surface area (Å²) in [7, 11) is 4.44. The molecule has 4 aromatic carbocycles. The Kier molecular flexibility index (Phi) is 12.6. The van der Waals surface area contributed by atoms with E-state index in [0.29, 0.717) is 72.5 Å². The highest BCUT2D eigenvalue weighted by Gasteiger charge is 2.54. The zero-order valence-electron chi connectivity index (χ0n) is 37.5. The van der Waals surface area contributed by atoms with Gasteiger partial charge in [0.1, 0.15) is 48.3 Å². The summed E-state index contributed by atoms with van der Waals surface area (Å²) in [5.41, 5.74) is 1.75. The van der Waals surface area contributed by atoms with Crippen molar-refractivity contribution in [1.29, 1.82) is 0 Å². The number of benzene rings is 4. The van der Waals surface area contributed by atoms with Gasteiger partial charge in [0.15, 0.2) is 0 Å². The van der Waals surface area contributed by atoms with Crippen LogP contribution in [0.4, 0.5) is 0 Å². The first-order valence-electron chi connectivity index (χ1n) is 22.4. The van der Waals surface area contributed by atoms with Crippen molar-refractivity contribution in [3.63, 3.8) is 0 Å². The van der Waals surface area contributed by atoms with Crippen LogP contribution in [0.2, 0.25) is 0 Å². The van der Waals surface area contributed by atoms with Crippen molar-refractivity contribution >= 4 is 57.4 Å². The van der Waals surface area contributed by atoms with E-state index in [1.54, 1.807) is 24.3 Å². The number of hydrogen-bond donors (Lipinski definition) is 0. The molecule has 0 spiro atoms. The minimum atomic E-state index is -0.441. The highest BCUT2D eigenvalue weighted by molar-refractivity contribution is 5.93. The Balaban J connectivity index is 0.852. The summed E-state index contributed by atoms with van der Waals surface area (Å²) in [5.74, 6) is -0.900. The van der Waals surface area contributed by atoms with E-state index in [9.17, 15) is 28.8 Å². The van der Waals surface area contributed by atoms with Crippen LogP contribution in [0.5, 0.6) is 23.0 Å². The monoisotopic (exact) mass is 878 g/mol.